The normalized spacial score (nSPS) is 16.9. The molecular weight excluding hydrogens is 186 g/mol. The fourth-order valence-corrected chi connectivity index (χ4v) is 2.41. The van der Waals surface area contributed by atoms with E-state index in [1.165, 1.54) is 25.7 Å². The molecule has 0 spiro atoms. The first-order chi connectivity index (χ1) is 7.27. The molecule has 0 amide bonds. The molecular formula is C12H19N3. The number of nitrogen functional groups attached to an aromatic ring is 1. The summed E-state index contributed by atoms with van der Waals surface area (Å²) in [4.78, 5) is 6.35. The minimum atomic E-state index is 0.637. The third-order valence-corrected chi connectivity index (χ3v) is 3.23. The monoisotopic (exact) mass is 205 g/mol. The summed E-state index contributed by atoms with van der Waals surface area (Å²) in [6.07, 6.45) is 7.25. The van der Waals surface area contributed by atoms with Gasteiger partial charge in [-0.3, -0.25) is 0 Å². The lowest BCUT2D eigenvalue weighted by atomic mass is 10.1. The van der Waals surface area contributed by atoms with E-state index in [1.54, 1.807) is 6.20 Å². The number of hydrogen-bond acceptors (Lipinski definition) is 3. The van der Waals surface area contributed by atoms with Gasteiger partial charge in [-0.05, 0) is 30.9 Å². The molecule has 1 heterocycles. The smallest absolute Gasteiger partial charge is 0.146 e. The molecule has 0 saturated heterocycles. The van der Waals surface area contributed by atoms with Crippen molar-refractivity contribution in [2.45, 2.75) is 25.7 Å². The maximum Gasteiger partial charge on any atom is 0.146 e. The summed E-state index contributed by atoms with van der Waals surface area (Å²) in [7, 11) is 2.10. The van der Waals surface area contributed by atoms with E-state index in [9.17, 15) is 0 Å². The van der Waals surface area contributed by atoms with Gasteiger partial charge in [0.1, 0.15) is 5.82 Å². The number of hydrogen-bond donors (Lipinski definition) is 1. The summed E-state index contributed by atoms with van der Waals surface area (Å²) >= 11 is 0. The Bertz CT molecular complexity index is 318. The fraction of sp³-hybridized carbons (Fsp3) is 0.583. The van der Waals surface area contributed by atoms with Crippen LogP contribution < -0.4 is 10.6 Å². The Labute approximate surface area is 91.3 Å². The van der Waals surface area contributed by atoms with Gasteiger partial charge in [-0.15, -0.1) is 0 Å². The highest BCUT2D eigenvalue weighted by molar-refractivity contribution is 5.62. The van der Waals surface area contributed by atoms with E-state index in [-0.39, 0.29) is 0 Å². The lowest BCUT2D eigenvalue weighted by Crippen LogP contribution is -2.25. The second kappa shape index (κ2) is 4.51. The number of pyridine rings is 1. The maximum absolute atomic E-state index is 5.84. The van der Waals surface area contributed by atoms with Crippen LogP contribution in [0.25, 0.3) is 0 Å². The molecule has 1 aliphatic rings. The molecule has 1 fully saturated rings. The van der Waals surface area contributed by atoms with E-state index in [0.717, 1.165) is 18.2 Å². The number of nitrogens with zero attached hydrogens (tertiary/aromatic N) is 2. The molecule has 0 aliphatic heterocycles. The minimum Gasteiger partial charge on any atom is -0.382 e. The molecule has 0 unspecified atom stereocenters. The van der Waals surface area contributed by atoms with Crippen LogP contribution in [-0.2, 0) is 0 Å². The van der Waals surface area contributed by atoms with Gasteiger partial charge in [-0.25, -0.2) is 4.98 Å². The van der Waals surface area contributed by atoms with Crippen LogP contribution in [0.15, 0.2) is 18.3 Å². The second-order valence-corrected chi connectivity index (χ2v) is 4.44. The number of nitrogens with two attached hydrogens (primary N) is 1. The van der Waals surface area contributed by atoms with Gasteiger partial charge in [-0.2, -0.15) is 0 Å². The van der Waals surface area contributed by atoms with Crippen molar-refractivity contribution in [2.75, 3.05) is 24.2 Å². The molecule has 1 aliphatic carbocycles. The van der Waals surface area contributed by atoms with Crippen LogP contribution >= 0.6 is 0 Å². The van der Waals surface area contributed by atoms with Crippen molar-refractivity contribution in [1.82, 2.24) is 4.98 Å². The Hall–Kier alpha value is -1.25. The third kappa shape index (κ3) is 2.41. The Kier molecular flexibility index (Phi) is 3.09. The molecule has 0 radical (unpaired) electrons. The molecule has 15 heavy (non-hydrogen) atoms. The summed E-state index contributed by atoms with van der Waals surface area (Å²) < 4.78 is 0. The van der Waals surface area contributed by atoms with Gasteiger partial charge in [0, 0.05) is 19.8 Å². The van der Waals surface area contributed by atoms with Crippen molar-refractivity contribution >= 4 is 11.5 Å². The Morgan fingerprint density at radius 1 is 1.47 bits per heavy atom. The molecule has 2 rings (SSSR count). The van der Waals surface area contributed by atoms with Crippen LogP contribution in [0.2, 0.25) is 0 Å². The molecule has 0 aromatic carbocycles. The lowest BCUT2D eigenvalue weighted by molar-refractivity contribution is 0.547. The zero-order chi connectivity index (χ0) is 10.7. The molecule has 1 aromatic heterocycles. The highest BCUT2D eigenvalue weighted by atomic mass is 15.1. The first kappa shape index (κ1) is 10.3. The van der Waals surface area contributed by atoms with Crippen LogP contribution in [0.5, 0.6) is 0 Å². The van der Waals surface area contributed by atoms with Gasteiger partial charge in [0.15, 0.2) is 0 Å². The first-order valence-electron chi connectivity index (χ1n) is 5.69. The van der Waals surface area contributed by atoms with Gasteiger partial charge >= 0.3 is 0 Å². The highest BCUT2D eigenvalue weighted by Crippen LogP contribution is 2.27. The lowest BCUT2D eigenvalue weighted by Gasteiger charge is -2.23. The average molecular weight is 205 g/mol. The van der Waals surface area contributed by atoms with Gasteiger partial charge in [-0.1, -0.05) is 12.8 Å². The summed E-state index contributed by atoms with van der Waals surface area (Å²) in [5.41, 5.74) is 6.90. The van der Waals surface area contributed by atoms with E-state index < -0.39 is 0 Å². The third-order valence-electron chi connectivity index (χ3n) is 3.23. The molecule has 82 valence electrons. The van der Waals surface area contributed by atoms with Crippen molar-refractivity contribution < 1.29 is 0 Å². The van der Waals surface area contributed by atoms with E-state index in [0.29, 0.717) is 5.82 Å². The van der Waals surface area contributed by atoms with Crippen molar-refractivity contribution in [3.8, 4) is 0 Å². The minimum absolute atomic E-state index is 0.637. The van der Waals surface area contributed by atoms with Crippen molar-refractivity contribution in [2.24, 2.45) is 5.92 Å². The standard InChI is InChI=1S/C12H19N3/c1-15(9-10-5-2-3-6-10)11-7-4-8-14-12(11)13/h4,7-8,10H,2-3,5-6,9H2,1H3,(H2,13,14). The number of aromatic nitrogens is 1. The van der Waals surface area contributed by atoms with Gasteiger partial charge in [0.05, 0.1) is 5.69 Å². The summed E-state index contributed by atoms with van der Waals surface area (Å²) in [6.45, 7) is 1.11. The molecule has 1 aromatic rings. The van der Waals surface area contributed by atoms with E-state index in [2.05, 4.69) is 16.9 Å². The van der Waals surface area contributed by atoms with E-state index in [1.807, 2.05) is 12.1 Å². The van der Waals surface area contributed by atoms with Crippen molar-refractivity contribution in [1.29, 1.82) is 0 Å². The fourth-order valence-electron chi connectivity index (χ4n) is 2.41. The number of rotatable bonds is 3. The molecule has 1 saturated carbocycles. The molecule has 3 nitrogen and oxygen atoms in total. The van der Waals surface area contributed by atoms with Gasteiger partial charge in [0.2, 0.25) is 0 Å². The first-order valence-corrected chi connectivity index (χ1v) is 5.69. The van der Waals surface area contributed by atoms with Crippen LogP contribution in [0.4, 0.5) is 11.5 Å². The van der Waals surface area contributed by atoms with E-state index in [4.69, 9.17) is 5.73 Å². The SMILES string of the molecule is CN(CC1CCCC1)c1cccnc1N. The summed E-state index contributed by atoms with van der Waals surface area (Å²) in [5.74, 6) is 1.48. The second-order valence-electron chi connectivity index (χ2n) is 4.44. The van der Waals surface area contributed by atoms with E-state index >= 15 is 0 Å². The molecule has 0 bridgehead atoms. The highest BCUT2D eigenvalue weighted by Gasteiger charge is 2.17. The summed E-state index contributed by atoms with van der Waals surface area (Å²) in [6, 6.07) is 3.98. The zero-order valence-corrected chi connectivity index (χ0v) is 9.32. The van der Waals surface area contributed by atoms with Crippen LogP contribution in [0.3, 0.4) is 0 Å². The Morgan fingerprint density at radius 2 is 2.20 bits per heavy atom. The van der Waals surface area contributed by atoms with Crippen LogP contribution in [-0.4, -0.2) is 18.6 Å². The van der Waals surface area contributed by atoms with Gasteiger partial charge in [0.25, 0.3) is 0 Å². The zero-order valence-electron chi connectivity index (χ0n) is 9.32. The number of anilines is 2. The largest absolute Gasteiger partial charge is 0.382 e. The Balaban J connectivity index is 2.00. The van der Waals surface area contributed by atoms with Crippen LogP contribution in [0.1, 0.15) is 25.7 Å². The maximum atomic E-state index is 5.84. The summed E-state index contributed by atoms with van der Waals surface area (Å²) in [5, 5.41) is 0. The predicted octanol–water partition coefficient (Wildman–Crippen LogP) is 2.29. The predicted molar refractivity (Wildman–Crippen MR) is 63.9 cm³/mol. The quantitative estimate of drug-likeness (QED) is 0.823. The topological polar surface area (TPSA) is 42.2 Å². The van der Waals surface area contributed by atoms with Crippen molar-refractivity contribution in [3.05, 3.63) is 18.3 Å². The van der Waals surface area contributed by atoms with Crippen molar-refractivity contribution in [3.63, 3.8) is 0 Å². The van der Waals surface area contributed by atoms with Gasteiger partial charge < -0.3 is 10.6 Å². The Morgan fingerprint density at radius 3 is 2.87 bits per heavy atom. The van der Waals surface area contributed by atoms with Crippen LogP contribution in [0, 0.1) is 5.92 Å². The average Bonchev–Trinajstić information content (AvgIpc) is 2.71. The molecule has 3 heteroatoms. The molecule has 0 atom stereocenters. The molecule has 2 N–H and O–H groups in total.